The maximum Gasteiger partial charge on any atom is 0.0798 e. The average molecular weight is 310 g/mol. The van der Waals surface area contributed by atoms with E-state index in [4.69, 9.17) is 4.74 Å². The third-order valence-corrected chi connectivity index (χ3v) is 5.51. The van der Waals surface area contributed by atoms with Gasteiger partial charge < -0.3 is 10.1 Å². The van der Waals surface area contributed by atoms with Crippen molar-refractivity contribution in [3.05, 3.63) is 21.9 Å². The van der Waals surface area contributed by atoms with E-state index in [1.165, 1.54) is 49.0 Å². The molecule has 0 aromatic carbocycles. The summed E-state index contributed by atoms with van der Waals surface area (Å²) in [6, 6.07) is 2.65. The Kier molecular flexibility index (Phi) is 7.21. The minimum Gasteiger partial charge on any atom is -0.376 e. The van der Waals surface area contributed by atoms with E-state index < -0.39 is 0 Å². The summed E-state index contributed by atoms with van der Waals surface area (Å²) in [7, 11) is 0. The molecule has 0 bridgehead atoms. The molecule has 2 atom stereocenters. The minimum atomic E-state index is 0.329. The van der Waals surface area contributed by atoms with Crippen LogP contribution >= 0.6 is 11.3 Å². The molecule has 2 rings (SSSR count). The van der Waals surface area contributed by atoms with Crippen molar-refractivity contribution < 1.29 is 4.74 Å². The number of aryl methyl sites for hydroxylation is 1. The van der Waals surface area contributed by atoms with E-state index in [9.17, 15) is 0 Å². The first-order chi connectivity index (χ1) is 10.3. The van der Waals surface area contributed by atoms with Gasteiger partial charge in [-0.3, -0.25) is 0 Å². The predicted octanol–water partition coefficient (Wildman–Crippen LogP) is 5.08. The van der Waals surface area contributed by atoms with Crippen molar-refractivity contribution in [1.29, 1.82) is 0 Å². The largest absolute Gasteiger partial charge is 0.376 e. The van der Waals surface area contributed by atoms with Crippen molar-refractivity contribution in [2.75, 3.05) is 13.2 Å². The summed E-state index contributed by atoms with van der Waals surface area (Å²) < 4.78 is 6.26. The fraction of sp³-hybridized carbons (Fsp3) is 0.778. The van der Waals surface area contributed by atoms with Gasteiger partial charge in [0.1, 0.15) is 0 Å². The van der Waals surface area contributed by atoms with Gasteiger partial charge in [0.15, 0.2) is 0 Å². The van der Waals surface area contributed by atoms with Crippen LogP contribution in [0, 0.1) is 12.8 Å². The fourth-order valence-corrected chi connectivity index (χ4v) is 4.33. The van der Waals surface area contributed by atoms with Gasteiger partial charge in [-0.25, -0.2) is 0 Å². The van der Waals surface area contributed by atoms with Gasteiger partial charge in [-0.2, -0.15) is 0 Å². The Morgan fingerprint density at radius 3 is 2.62 bits per heavy atom. The number of hydrogen-bond donors (Lipinski definition) is 1. The van der Waals surface area contributed by atoms with Crippen molar-refractivity contribution in [3.8, 4) is 0 Å². The van der Waals surface area contributed by atoms with Gasteiger partial charge in [0.2, 0.25) is 0 Å². The maximum atomic E-state index is 6.26. The number of ether oxygens (including phenoxy) is 1. The Labute approximate surface area is 134 Å². The molecule has 0 saturated heterocycles. The van der Waals surface area contributed by atoms with Crippen molar-refractivity contribution in [3.63, 3.8) is 0 Å². The zero-order valence-electron chi connectivity index (χ0n) is 13.9. The van der Waals surface area contributed by atoms with Crippen molar-refractivity contribution in [1.82, 2.24) is 5.32 Å². The topological polar surface area (TPSA) is 21.3 Å². The van der Waals surface area contributed by atoms with Gasteiger partial charge in [0, 0.05) is 11.5 Å². The Morgan fingerprint density at radius 1 is 1.29 bits per heavy atom. The second kappa shape index (κ2) is 8.92. The number of hydrogen-bond acceptors (Lipinski definition) is 3. The van der Waals surface area contributed by atoms with Crippen LogP contribution in [0.4, 0.5) is 0 Å². The lowest BCUT2D eigenvalue weighted by Crippen LogP contribution is -2.40. The molecular weight excluding hydrogens is 278 g/mol. The molecule has 120 valence electrons. The second-order valence-electron chi connectivity index (χ2n) is 6.18. The molecule has 1 N–H and O–H groups in total. The summed E-state index contributed by atoms with van der Waals surface area (Å²) in [4.78, 5) is 1.43. The highest BCUT2D eigenvalue weighted by atomic mass is 32.1. The molecular formula is C18H31NOS. The molecule has 1 aromatic rings. The zero-order chi connectivity index (χ0) is 15.1. The molecule has 2 unspecified atom stereocenters. The minimum absolute atomic E-state index is 0.329. The molecule has 1 aromatic heterocycles. The lowest BCUT2D eigenvalue weighted by Gasteiger charge is -2.36. The number of rotatable bonds is 8. The number of nitrogens with one attached hydrogen (secondary N) is 1. The van der Waals surface area contributed by atoms with E-state index in [1.54, 1.807) is 0 Å². The highest BCUT2D eigenvalue weighted by Gasteiger charge is 2.32. The Morgan fingerprint density at radius 2 is 2.05 bits per heavy atom. The highest BCUT2D eigenvalue weighted by Crippen LogP contribution is 2.36. The average Bonchev–Trinajstić information content (AvgIpc) is 2.93. The molecule has 3 heteroatoms. The van der Waals surface area contributed by atoms with Crippen LogP contribution in [-0.4, -0.2) is 19.3 Å². The lowest BCUT2D eigenvalue weighted by atomic mass is 9.81. The zero-order valence-corrected chi connectivity index (χ0v) is 14.7. The third-order valence-electron chi connectivity index (χ3n) is 4.65. The summed E-state index contributed by atoms with van der Waals surface area (Å²) in [5.41, 5.74) is 1.46. The molecule has 0 amide bonds. The summed E-state index contributed by atoms with van der Waals surface area (Å²) in [5.74, 6) is 0.715. The van der Waals surface area contributed by atoms with Crippen LogP contribution in [0.2, 0.25) is 0 Å². The van der Waals surface area contributed by atoms with Crippen LogP contribution in [-0.2, 0) is 4.74 Å². The van der Waals surface area contributed by atoms with Gasteiger partial charge in [0.25, 0.3) is 0 Å². The van der Waals surface area contributed by atoms with E-state index in [-0.39, 0.29) is 0 Å². The first kappa shape index (κ1) is 17.0. The first-order valence-corrected chi connectivity index (χ1v) is 9.54. The lowest BCUT2D eigenvalue weighted by molar-refractivity contribution is -0.0183. The van der Waals surface area contributed by atoms with Crippen LogP contribution < -0.4 is 5.32 Å². The van der Waals surface area contributed by atoms with E-state index in [0.29, 0.717) is 18.1 Å². The summed E-state index contributed by atoms with van der Waals surface area (Å²) in [5, 5.41) is 5.99. The van der Waals surface area contributed by atoms with Gasteiger partial charge in [-0.1, -0.05) is 26.2 Å². The molecule has 0 radical (unpaired) electrons. The van der Waals surface area contributed by atoms with Crippen LogP contribution in [0.25, 0.3) is 0 Å². The molecule has 1 heterocycles. The van der Waals surface area contributed by atoms with Crippen LogP contribution in [0.1, 0.15) is 68.9 Å². The molecule has 1 aliphatic rings. The Hall–Kier alpha value is -0.380. The molecule has 21 heavy (non-hydrogen) atoms. The van der Waals surface area contributed by atoms with Gasteiger partial charge >= 0.3 is 0 Å². The monoisotopic (exact) mass is 309 g/mol. The quantitative estimate of drug-likeness (QED) is 0.723. The van der Waals surface area contributed by atoms with Crippen molar-refractivity contribution in [2.45, 2.75) is 71.4 Å². The van der Waals surface area contributed by atoms with E-state index >= 15 is 0 Å². The normalized spacial score (nSPS) is 19.6. The molecule has 1 saturated carbocycles. The third kappa shape index (κ3) is 4.54. The molecule has 1 fully saturated rings. The van der Waals surface area contributed by atoms with Crippen molar-refractivity contribution >= 4 is 11.3 Å². The molecule has 2 nitrogen and oxygen atoms in total. The van der Waals surface area contributed by atoms with Gasteiger partial charge in [-0.15, -0.1) is 11.3 Å². The molecule has 0 aliphatic heterocycles. The fourth-order valence-electron chi connectivity index (χ4n) is 3.58. The smallest absolute Gasteiger partial charge is 0.0798 e. The van der Waals surface area contributed by atoms with Crippen molar-refractivity contribution in [2.24, 2.45) is 5.92 Å². The van der Waals surface area contributed by atoms with E-state index in [2.05, 4.69) is 37.5 Å². The van der Waals surface area contributed by atoms with Crippen LogP contribution in [0.5, 0.6) is 0 Å². The summed E-state index contributed by atoms with van der Waals surface area (Å²) in [6.07, 6.45) is 8.31. The van der Waals surface area contributed by atoms with E-state index in [0.717, 1.165) is 13.2 Å². The Balaban J connectivity index is 2.19. The Bertz CT molecular complexity index is 398. The molecule has 0 spiro atoms. The number of thiophene rings is 1. The van der Waals surface area contributed by atoms with Gasteiger partial charge in [0.05, 0.1) is 12.1 Å². The molecule has 1 aliphatic carbocycles. The highest BCUT2D eigenvalue weighted by molar-refractivity contribution is 7.10. The van der Waals surface area contributed by atoms with Gasteiger partial charge in [-0.05, 0) is 62.6 Å². The SMILES string of the molecule is CCCNC(c1ccsc1C)C(OCC)C1CCCCC1. The van der Waals surface area contributed by atoms with E-state index in [1.807, 2.05) is 11.3 Å². The first-order valence-electron chi connectivity index (χ1n) is 8.66. The van der Waals surface area contributed by atoms with Crippen LogP contribution in [0.15, 0.2) is 11.4 Å². The standard InChI is InChI=1S/C18H31NOS/c1-4-12-19-17(16-11-13-21-14(16)3)18(20-5-2)15-9-7-6-8-10-15/h11,13,15,17-19H,4-10,12H2,1-3H3. The summed E-state index contributed by atoms with van der Waals surface area (Å²) >= 11 is 1.85. The van der Waals surface area contributed by atoms with Crippen LogP contribution in [0.3, 0.4) is 0 Å². The summed E-state index contributed by atoms with van der Waals surface area (Å²) in [6.45, 7) is 8.49. The second-order valence-corrected chi connectivity index (χ2v) is 7.30. The predicted molar refractivity (Wildman–Crippen MR) is 92.1 cm³/mol. The maximum absolute atomic E-state index is 6.26.